The Morgan fingerprint density at radius 3 is 2.91 bits per heavy atom. The van der Waals surface area contributed by atoms with Gasteiger partial charge in [0, 0.05) is 29.4 Å². The number of aromatic nitrogens is 4. The van der Waals surface area contributed by atoms with Crippen molar-refractivity contribution >= 4 is 17.2 Å². The fourth-order valence-electron chi connectivity index (χ4n) is 2.00. The normalized spacial score (nSPS) is 10.5. The molecule has 0 aromatic carbocycles. The lowest BCUT2D eigenvalue weighted by Gasteiger charge is -2.02. The van der Waals surface area contributed by atoms with Crippen LogP contribution in [0.1, 0.15) is 10.7 Å². The molecule has 0 fully saturated rings. The number of nitrogens with one attached hydrogen (secondary N) is 2. The monoisotopic (exact) mass is 313 g/mol. The van der Waals surface area contributed by atoms with Crippen LogP contribution in [-0.2, 0) is 17.6 Å². The molecule has 0 aliphatic rings. The highest BCUT2D eigenvalue weighted by atomic mass is 32.1. The van der Waals surface area contributed by atoms with Crippen molar-refractivity contribution in [3.05, 3.63) is 52.7 Å². The van der Waals surface area contributed by atoms with Crippen molar-refractivity contribution in [1.82, 2.24) is 25.5 Å². The zero-order chi connectivity index (χ0) is 15.2. The van der Waals surface area contributed by atoms with Gasteiger partial charge in [-0.2, -0.15) is 5.10 Å². The van der Waals surface area contributed by atoms with E-state index >= 15 is 0 Å². The van der Waals surface area contributed by atoms with Crippen molar-refractivity contribution in [1.29, 1.82) is 0 Å². The number of rotatable bonds is 6. The molecule has 3 rings (SSSR count). The lowest BCUT2D eigenvalue weighted by atomic mass is 10.2. The highest BCUT2D eigenvalue weighted by Crippen LogP contribution is 2.12. The molecule has 0 spiro atoms. The van der Waals surface area contributed by atoms with Gasteiger partial charge < -0.3 is 5.32 Å². The van der Waals surface area contributed by atoms with E-state index in [1.807, 2.05) is 23.6 Å². The number of hydrogen-bond acceptors (Lipinski definition) is 5. The third-order valence-corrected chi connectivity index (χ3v) is 4.01. The average Bonchev–Trinajstić information content (AvgIpc) is 3.20. The van der Waals surface area contributed by atoms with Gasteiger partial charge in [-0.15, -0.1) is 11.3 Å². The molecule has 6 nitrogen and oxygen atoms in total. The zero-order valence-corrected chi connectivity index (χ0v) is 12.6. The second-order valence-corrected chi connectivity index (χ2v) is 5.73. The van der Waals surface area contributed by atoms with Crippen LogP contribution in [-0.4, -0.2) is 32.6 Å². The van der Waals surface area contributed by atoms with Crippen molar-refractivity contribution < 1.29 is 4.79 Å². The van der Waals surface area contributed by atoms with Gasteiger partial charge in [-0.3, -0.25) is 14.9 Å². The minimum Gasteiger partial charge on any atom is -0.355 e. The maximum Gasteiger partial charge on any atom is 0.227 e. The number of carbonyl (C=O) groups excluding carboxylic acids is 1. The molecule has 0 aliphatic carbocycles. The highest BCUT2D eigenvalue weighted by Gasteiger charge is 2.09. The molecule has 22 heavy (non-hydrogen) atoms. The predicted molar refractivity (Wildman–Crippen MR) is 84.4 cm³/mol. The zero-order valence-electron chi connectivity index (χ0n) is 11.8. The Balaban J connectivity index is 1.50. The van der Waals surface area contributed by atoms with E-state index in [0.29, 0.717) is 18.2 Å². The molecular weight excluding hydrogens is 298 g/mol. The van der Waals surface area contributed by atoms with E-state index in [0.717, 1.165) is 12.0 Å². The first-order valence-electron chi connectivity index (χ1n) is 6.92. The Morgan fingerprint density at radius 1 is 1.27 bits per heavy atom. The summed E-state index contributed by atoms with van der Waals surface area (Å²) < 4.78 is 0. The first-order valence-corrected chi connectivity index (χ1v) is 7.80. The van der Waals surface area contributed by atoms with Gasteiger partial charge >= 0.3 is 0 Å². The van der Waals surface area contributed by atoms with Gasteiger partial charge in [-0.05, 0) is 30.0 Å². The Morgan fingerprint density at radius 2 is 2.14 bits per heavy atom. The van der Waals surface area contributed by atoms with Crippen LogP contribution in [0, 0.1) is 0 Å². The standard InChI is InChI=1S/C15H15N5OS/c21-14(17-8-5-12-2-1-9-22-12)10-13-18-15(20-19-13)11-3-6-16-7-4-11/h1-4,6-7,9H,5,8,10H2,(H,17,21)(H,18,19,20). The molecule has 1 amide bonds. The number of pyridine rings is 1. The van der Waals surface area contributed by atoms with Gasteiger partial charge in [0.25, 0.3) is 0 Å². The molecule has 0 saturated heterocycles. The van der Waals surface area contributed by atoms with Crippen LogP contribution in [0.2, 0.25) is 0 Å². The summed E-state index contributed by atoms with van der Waals surface area (Å²) in [4.78, 5) is 21.4. The molecule has 7 heteroatoms. The molecule has 0 unspecified atom stereocenters. The maximum absolute atomic E-state index is 11.9. The summed E-state index contributed by atoms with van der Waals surface area (Å²) in [7, 11) is 0. The summed E-state index contributed by atoms with van der Waals surface area (Å²) in [5.74, 6) is 1.07. The SMILES string of the molecule is O=C(Cc1nc(-c2ccncc2)n[nH]1)NCCc1cccs1. The highest BCUT2D eigenvalue weighted by molar-refractivity contribution is 7.09. The predicted octanol–water partition coefficient (Wildman–Crippen LogP) is 1.83. The lowest BCUT2D eigenvalue weighted by Crippen LogP contribution is -2.27. The Labute approximate surface area is 131 Å². The van der Waals surface area contributed by atoms with E-state index in [9.17, 15) is 4.79 Å². The molecular formula is C15H15N5OS. The fourth-order valence-corrected chi connectivity index (χ4v) is 2.71. The van der Waals surface area contributed by atoms with Crippen LogP contribution in [0.25, 0.3) is 11.4 Å². The third-order valence-electron chi connectivity index (χ3n) is 3.07. The van der Waals surface area contributed by atoms with Gasteiger partial charge in [0.05, 0.1) is 6.42 Å². The van der Waals surface area contributed by atoms with Crippen LogP contribution in [0.3, 0.4) is 0 Å². The Kier molecular flexibility index (Phi) is 4.55. The van der Waals surface area contributed by atoms with E-state index < -0.39 is 0 Å². The van der Waals surface area contributed by atoms with Crippen molar-refractivity contribution in [3.8, 4) is 11.4 Å². The number of amides is 1. The van der Waals surface area contributed by atoms with Crippen molar-refractivity contribution in [2.45, 2.75) is 12.8 Å². The second-order valence-electron chi connectivity index (χ2n) is 4.70. The number of hydrogen-bond donors (Lipinski definition) is 2. The van der Waals surface area contributed by atoms with Crippen LogP contribution >= 0.6 is 11.3 Å². The van der Waals surface area contributed by atoms with Gasteiger partial charge in [0.2, 0.25) is 5.91 Å². The summed E-state index contributed by atoms with van der Waals surface area (Å²) in [5.41, 5.74) is 0.871. The van der Waals surface area contributed by atoms with Gasteiger partial charge in [-0.25, -0.2) is 4.98 Å². The second kappa shape index (κ2) is 6.95. The van der Waals surface area contributed by atoms with Crippen LogP contribution in [0.5, 0.6) is 0 Å². The fraction of sp³-hybridized carbons (Fsp3) is 0.200. The number of thiophene rings is 1. The molecule has 0 radical (unpaired) electrons. The number of nitrogens with zero attached hydrogens (tertiary/aromatic N) is 3. The maximum atomic E-state index is 11.9. The Hall–Kier alpha value is -2.54. The van der Waals surface area contributed by atoms with E-state index in [2.05, 4.69) is 31.5 Å². The van der Waals surface area contributed by atoms with Crippen LogP contribution in [0.4, 0.5) is 0 Å². The molecule has 2 N–H and O–H groups in total. The largest absolute Gasteiger partial charge is 0.355 e. The van der Waals surface area contributed by atoms with Gasteiger partial charge in [0.1, 0.15) is 5.82 Å². The van der Waals surface area contributed by atoms with Crippen molar-refractivity contribution in [2.24, 2.45) is 0 Å². The molecule has 3 heterocycles. The molecule has 0 atom stereocenters. The molecule has 0 saturated carbocycles. The van der Waals surface area contributed by atoms with E-state index in [4.69, 9.17) is 0 Å². The number of carbonyl (C=O) groups is 1. The lowest BCUT2D eigenvalue weighted by molar-refractivity contribution is -0.120. The number of H-pyrrole nitrogens is 1. The molecule has 0 bridgehead atoms. The van der Waals surface area contributed by atoms with Crippen LogP contribution < -0.4 is 5.32 Å². The molecule has 112 valence electrons. The summed E-state index contributed by atoms with van der Waals surface area (Å²) in [5, 5.41) is 11.8. The first-order chi connectivity index (χ1) is 10.8. The van der Waals surface area contributed by atoms with Gasteiger partial charge in [0.15, 0.2) is 5.82 Å². The Bertz CT molecular complexity index is 723. The minimum atomic E-state index is -0.0611. The molecule has 3 aromatic heterocycles. The minimum absolute atomic E-state index is 0.0611. The number of aromatic amines is 1. The van der Waals surface area contributed by atoms with E-state index in [-0.39, 0.29) is 12.3 Å². The quantitative estimate of drug-likeness (QED) is 0.727. The molecule has 0 aliphatic heterocycles. The summed E-state index contributed by atoms with van der Waals surface area (Å²) in [6.07, 6.45) is 4.41. The van der Waals surface area contributed by atoms with Crippen LogP contribution in [0.15, 0.2) is 42.0 Å². The summed E-state index contributed by atoms with van der Waals surface area (Å²) in [6.45, 7) is 0.630. The van der Waals surface area contributed by atoms with Crippen molar-refractivity contribution in [3.63, 3.8) is 0 Å². The molecule has 3 aromatic rings. The van der Waals surface area contributed by atoms with E-state index in [1.165, 1.54) is 4.88 Å². The van der Waals surface area contributed by atoms with Gasteiger partial charge in [-0.1, -0.05) is 6.07 Å². The average molecular weight is 313 g/mol. The topological polar surface area (TPSA) is 83.6 Å². The first kappa shape index (κ1) is 14.4. The smallest absolute Gasteiger partial charge is 0.227 e. The van der Waals surface area contributed by atoms with Crippen molar-refractivity contribution in [2.75, 3.05) is 6.54 Å². The summed E-state index contributed by atoms with van der Waals surface area (Å²) in [6, 6.07) is 7.73. The summed E-state index contributed by atoms with van der Waals surface area (Å²) >= 11 is 1.69. The third kappa shape index (κ3) is 3.76. The van der Waals surface area contributed by atoms with E-state index in [1.54, 1.807) is 23.7 Å².